The Hall–Kier alpha value is -1.50. The van der Waals surface area contributed by atoms with Gasteiger partial charge in [-0.2, -0.15) is 13.2 Å². The van der Waals surface area contributed by atoms with Crippen LogP contribution in [0.25, 0.3) is 6.08 Å². The van der Waals surface area contributed by atoms with Crippen molar-refractivity contribution in [1.82, 2.24) is 0 Å². The van der Waals surface area contributed by atoms with Crippen LogP contribution >= 0.6 is 0 Å². The number of hydrogen-bond acceptors (Lipinski definition) is 3. The normalized spacial score (nSPS) is 12.9. The SMILES string of the molecule is COc1ccc(/C=C/S(=O)(=O)C(F)(F)F)cc1. The predicted molar refractivity (Wildman–Crippen MR) is 57.0 cm³/mol. The third-order valence-corrected chi connectivity index (χ3v) is 3.02. The highest BCUT2D eigenvalue weighted by molar-refractivity contribution is 7.95. The second-order valence-electron chi connectivity index (χ2n) is 3.07. The molecule has 0 aromatic heterocycles. The van der Waals surface area contributed by atoms with Crippen LogP contribution in [0.1, 0.15) is 5.56 Å². The molecule has 7 heteroatoms. The third kappa shape index (κ3) is 3.48. The van der Waals surface area contributed by atoms with Gasteiger partial charge in [0, 0.05) is 5.41 Å². The van der Waals surface area contributed by atoms with Gasteiger partial charge in [0.05, 0.1) is 7.11 Å². The molecule has 0 N–H and O–H groups in total. The minimum Gasteiger partial charge on any atom is -0.497 e. The molecule has 1 aromatic rings. The van der Waals surface area contributed by atoms with Gasteiger partial charge in [-0.15, -0.1) is 0 Å². The summed E-state index contributed by atoms with van der Waals surface area (Å²) in [4.78, 5) is 0. The largest absolute Gasteiger partial charge is 0.501 e. The lowest BCUT2D eigenvalue weighted by Crippen LogP contribution is -2.20. The minimum absolute atomic E-state index is 0.134. The molecule has 0 saturated heterocycles. The van der Waals surface area contributed by atoms with E-state index in [2.05, 4.69) is 0 Å². The molecule has 0 bridgehead atoms. The smallest absolute Gasteiger partial charge is 0.497 e. The van der Waals surface area contributed by atoms with Gasteiger partial charge in [-0.05, 0) is 23.8 Å². The number of ether oxygens (including phenoxy) is 1. The average Bonchev–Trinajstić information content (AvgIpc) is 2.25. The third-order valence-electron chi connectivity index (χ3n) is 1.88. The maximum absolute atomic E-state index is 12.0. The second kappa shape index (κ2) is 4.79. The lowest BCUT2D eigenvalue weighted by molar-refractivity contribution is -0.0423. The van der Waals surface area contributed by atoms with Crippen molar-refractivity contribution in [2.75, 3.05) is 7.11 Å². The molecule has 0 atom stereocenters. The standard InChI is InChI=1S/C10H9F3O3S/c1-16-9-4-2-8(3-5-9)6-7-17(14,15)10(11,12)13/h2-7H,1H3/b7-6+. The molecule has 3 nitrogen and oxygen atoms in total. The molecule has 0 spiro atoms. The Morgan fingerprint density at radius 2 is 1.71 bits per heavy atom. The van der Waals surface area contributed by atoms with E-state index in [9.17, 15) is 21.6 Å². The fraction of sp³-hybridized carbons (Fsp3) is 0.200. The maximum Gasteiger partial charge on any atom is 0.501 e. The minimum atomic E-state index is -5.27. The molecule has 0 fully saturated rings. The molecule has 1 aromatic carbocycles. The van der Waals surface area contributed by atoms with Crippen LogP contribution in [0.3, 0.4) is 0 Å². The summed E-state index contributed by atoms with van der Waals surface area (Å²) in [5, 5.41) is 0.134. The fourth-order valence-electron chi connectivity index (χ4n) is 0.960. The Morgan fingerprint density at radius 1 is 1.18 bits per heavy atom. The molecule has 17 heavy (non-hydrogen) atoms. The van der Waals surface area contributed by atoms with Crippen LogP contribution in [0.5, 0.6) is 5.75 Å². The van der Waals surface area contributed by atoms with E-state index in [-0.39, 0.29) is 5.41 Å². The van der Waals surface area contributed by atoms with Crippen LogP contribution in [0, 0.1) is 0 Å². The number of rotatable bonds is 3. The van der Waals surface area contributed by atoms with Gasteiger partial charge < -0.3 is 4.74 Å². The van der Waals surface area contributed by atoms with Crippen molar-refractivity contribution in [1.29, 1.82) is 0 Å². The molecule has 0 aliphatic rings. The zero-order valence-electron chi connectivity index (χ0n) is 8.73. The van der Waals surface area contributed by atoms with Gasteiger partial charge in [0.15, 0.2) is 0 Å². The monoisotopic (exact) mass is 266 g/mol. The van der Waals surface area contributed by atoms with Gasteiger partial charge in [0.2, 0.25) is 0 Å². The van der Waals surface area contributed by atoms with Crippen LogP contribution in [-0.2, 0) is 9.84 Å². The van der Waals surface area contributed by atoms with Crippen molar-refractivity contribution in [3.63, 3.8) is 0 Å². The van der Waals surface area contributed by atoms with E-state index >= 15 is 0 Å². The molecule has 0 radical (unpaired) electrons. The fourth-order valence-corrected chi connectivity index (χ4v) is 1.45. The van der Waals surface area contributed by atoms with E-state index in [1.807, 2.05) is 0 Å². The van der Waals surface area contributed by atoms with Crippen LogP contribution < -0.4 is 4.74 Å². The molecular formula is C10H9F3O3S. The molecule has 94 valence electrons. The van der Waals surface area contributed by atoms with Crippen LogP contribution in [0.15, 0.2) is 29.7 Å². The predicted octanol–water partition coefficient (Wildman–Crippen LogP) is 2.60. The summed E-state index contributed by atoms with van der Waals surface area (Å²) in [6.07, 6.45) is 0.877. The first-order chi connectivity index (χ1) is 7.76. The first kappa shape index (κ1) is 13.6. The topological polar surface area (TPSA) is 43.4 Å². The molecule has 0 amide bonds. The number of hydrogen-bond donors (Lipinski definition) is 0. The Kier molecular flexibility index (Phi) is 3.82. The quantitative estimate of drug-likeness (QED) is 0.844. The van der Waals surface area contributed by atoms with Crippen molar-refractivity contribution in [2.24, 2.45) is 0 Å². The Labute approximate surface area is 96.4 Å². The first-order valence-electron chi connectivity index (χ1n) is 4.40. The average molecular weight is 266 g/mol. The van der Waals surface area contributed by atoms with Crippen molar-refractivity contribution >= 4 is 15.9 Å². The lowest BCUT2D eigenvalue weighted by Gasteiger charge is -2.03. The van der Waals surface area contributed by atoms with Gasteiger partial charge in [0.25, 0.3) is 9.84 Å². The van der Waals surface area contributed by atoms with Gasteiger partial charge in [-0.3, -0.25) is 0 Å². The summed E-state index contributed by atoms with van der Waals surface area (Å²) in [5.41, 5.74) is -4.94. The molecule has 1 rings (SSSR count). The Balaban J connectivity index is 2.91. The molecular weight excluding hydrogens is 257 g/mol. The molecule has 0 unspecified atom stereocenters. The summed E-state index contributed by atoms with van der Waals surface area (Å²) in [6.45, 7) is 0. The Bertz CT molecular complexity index is 501. The highest BCUT2D eigenvalue weighted by Gasteiger charge is 2.43. The van der Waals surface area contributed by atoms with Gasteiger partial charge in [-0.25, -0.2) is 8.42 Å². The lowest BCUT2D eigenvalue weighted by atomic mass is 10.2. The van der Waals surface area contributed by atoms with Crippen molar-refractivity contribution in [2.45, 2.75) is 5.51 Å². The summed E-state index contributed by atoms with van der Waals surface area (Å²) >= 11 is 0. The highest BCUT2D eigenvalue weighted by atomic mass is 32.2. The molecule has 0 saturated carbocycles. The summed E-state index contributed by atoms with van der Waals surface area (Å²) in [5.74, 6) is 0.529. The summed E-state index contributed by atoms with van der Waals surface area (Å²) in [7, 11) is -3.78. The zero-order chi connectivity index (χ0) is 13.1. The molecule has 0 aliphatic heterocycles. The van der Waals surface area contributed by atoms with E-state index in [1.165, 1.54) is 31.4 Å². The summed E-state index contributed by atoms with van der Waals surface area (Å²) < 4.78 is 62.3. The number of sulfone groups is 1. The van der Waals surface area contributed by atoms with Crippen molar-refractivity contribution in [3.05, 3.63) is 35.2 Å². The number of methoxy groups -OCH3 is 1. The Morgan fingerprint density at radius 3 is 2.12 bits per heavy atom. The molecule has 0 aliphatic carbocycles. The highest BCUT2D eigenvalue weighted by Crippen LogP contribution is 2.25. The van der Waals surface area contributed by atoms with Crippen LogP contribution in [-0.4, -0.2) is 21.0 Å². The van der Waals surface area contributed by atoms with Crippen molar-refractivity contribution < 1.29 is 26.3 Å². The van der Waals surface area contributed by atoms with E-state index in [0.29, 0.717) is 11.3 Å². The van der Waals surface area contributed by atoms with Crippen molar-refractivity contribution in [3.8, 4) is 5.75 Å². The van der Waals surface area contributed by atoms with Gasteiger partial charge in [-0.1, -0.05) is 12.1 Å². The molecule has 0 heterocycles. The van der Waals surface area contributed by atoms with E-state index in [4.69, 9.17) is 4.74 Å². The first-order valence-corrected chi connectivity index (χ1v) is 5.94. The van der Waals surface area contributed by atoms with Gasteiger partial charge >= 0.3 is 5.51 Å². The van der Waals surface area contributed by atoms with E-state index in [1.54, 1.807) is 0 Å². The van der Waals surface area contributed by atoms with Crippen LogP contribution in [0.4, 0.5) is 13.2 Å². The number of benzene rings is 1. The summed E-state index contributed by atoms with van der Waals surface area (Å²) in [6, 6.07) is 5.92. The van der Waals surface area contributed by atoms with Gasteiger partial charge in [0.1, 0.15) is 5.75 Å². The van der Waals surface area contributed by atoms with E-state index < -0.39 is 15.3 Å². The second-order valence-corrected chi connectivity index (χ2v) is 4.89. The zero-order valence-corrected chi connectivity index (χ0v) is 9.55. The van der Waals surface area contributed by atoms with E-state index in [0.717, 1.165) is 6.08 Å². The maximum atomic E-state index is 12.0. The van der Waals surface area contributed by atoms with Crippen LogP contribution in [0.2, 0.25) is 0 Å². The number of alkyl halides is 3. The number of halogens is 3.